The van der Waals surface area contributed by atoms with Gasteiger partial charge in [0, 0.05) is 23.4 Å². The molecular formula is C24H28N2O2. The summed E-state index contributed by atoms with van der Waals surface area (Å²) in [5.41, 5.74) is 2.83. The molecule has 2 saturated carbocycles. The minimum atomic E-state index is -0.770. The number of benzene rings is 1. The first kappa shape index (κ1) is 17.9. The van der Waals surface area contributed by atoms with Gasteiger partial charge in [-0.15, -0.1) is 0 Å². The molecule has 5 atom stereocenters. The van der Waals surface area contributed by atoms with Crippen molar-refractivity contribution in [1.29, 1.82) is 0 Å². The normalized spacial score (nSPS) is 36.7. The Morgan fingerprint density at radius 2 is 1.93 bits per heavy atom. The van der Waals surface area contributed by atoms with Crippen molar-refractivity contribution in [3.63, 3.8) is 0 Å². The molecule has 2 fully saturated rings. The predicted molar refractivity (Wildman–Crippen MR) is 109 cm³/mol. The van der Waals surface area contributed by atoms with E-state index in [1.54, 1.807) is 12.4 Å². The zero-order valence-corrected chi connectivity index (χ0v) is 16.4. The number of phenols is 1. The second kappa shape index (κ2) is 6.41. The quantitative estimate of drug-likeness (QED) is 0.811. The number of hydrogen-bond acceptors (Lipinski definition) is 4. The second-order valence-electron chi connectivity index (χ2n) is 9.22. The maximum atomic E-state index is 11.7. The fraction of sp³-hybridized carbons (Fsp3) is 0.500. The molecule has 4 heteroatoms. The summed E-state index contributed by atoms with van der Waals surface area (Å²) in [6.45, 7) is 2.30. The molecule has 0 amide bonds. The lowest BCUT2D eigenvalue weighted by atomic mass is 9.53. The molecule has 1 heterocycles. The fourth-order valence-corrected chi connectivity index (χ4v) is 6.52. The molecule has 4 nitrogen and oxygen atoms in total. The van der Waals surface area contributed by atoms with Crippen molar-refractivity contribution in [2.45, 2.75) is 57.0 Å². The van der Waals surface area contributed by atoms with Gasteiger partial charge in [0.15, 0.2) is 0 Å². The lowest BCUT2D eigenvalue weighted by molar-refractivity contribution is -0.0705. The summed E-state index contributed by atoms with van der Waals surface area (Å²) in [7, 11) is 0. The van der Waals surface area contributed by atoms with Gasteiger partial charge >= 0.3 is 0 Å². The predicted octanol–water partition coefficient (Wildman–Crippen LogP) is 4.48. The molecule has 1 aromatic heterocycles. The molecule has 0 unspecified atom stereocenters. The fourth-order valence-electron chi connectivity index (χ4n) is 6.52. The Hall–Kier alpha value is -2.20. The van der Waals surface area contributed by atoms with Crippen LogP contribution in [0.5, 0.6) is 5.75 Å². The van der Waals surface area contributed by atoms with Crippen LogP contribution in [0.1, 0.15) is 61.6 Å². The Morgan fingerprint density at radius 3 is 2.75 bits per heavy atom. The number of nitrogens with zero attached hydrogens (tertiary/aromatic N) is 2. The van der Waals surface area contributed by atoms with E-state index < -0.39 is 5.60 Å². The molecule has 2 aromatic rings. The van der Waals surface area contributed by atoms with E-state index in [1.165, 1.54) is 17.5 Å². The number of rotatable bonds is 2. The van der Waals surface area contributed by atoms with Gasteiger partial charge in [0.05, 0.1) is 5.60 Å². The highest BCUT2D eigenvalue weighted by Gasteiger charge is 2.60. The number of hydrogen-bond donors (Lipinski definition) is 2. The number of aromatic nitrogens is 2. The first-order valence-electron chi connectivity index (χ1n) is 10.5. The average Bonchev–Trinajstić information content (AvgIpc) is 2.98. The van der Waals surface area contributed by atoms with E-state index in [9.17, 15) is 10.2 Å². The number of aliphatic hydroxyl groups is 1. The Labute approximate surface area is 166 Å². The van der Waals surface area contributed by atoms with Crippen molar-refractivity contribution in [2.75, 3.05) is 0 Å². The van der Waals surface area contributed by atoms with E-state index in [-0.39, 0.29) is 5.41 Å². The zero-order valence-electron chi connectivity index (χ0n) is 16.4. The molecule has 3 aliphatic rings. The van der Waals surface area contributed by atoms with Crippen LogP contribution in [-0.4, -0.2) is 25.8 Å². The van der Waals surface area contributed by atoms with E-state index in [4.69, 9.17) is 0 Å². The number of fused-ring (bicyclic) bond motifs is 5. The molecule has 146 valence electrons. The van der Waals surface area contributed by atoms with E-state index >= 15 is 0 Å². The van der Waals surface area contributed by atoms with Gasteiger partial charge in [0.2, 0.25) is 0 Å². The van der Waals surface area contributed by atoms with Crippen molar-refractivity contribution >= 4 is 6.08 Å². The monoisotopic (exact) mass is 376 g/mol. The third-order valence-corrected chi connectivity index (χ3v) is 8.06. The van der Waals surface area contributed by atoms with Gasteiger partial charge in [-0.1, -0.05) is 25.1 Å². The van der Waals surface area contributed by atoms with E-state index in [1.807, 2.05) is 24.3 Å². The highest BCUT2D eigenvalue weighted by molar-refractivity contribution is 5.49. The van der Waals surface area contributed by atoms with Gasteiger partial charge in [0.25, 0.3) is 0 Å². The summed E-state index contributed by atoms with van der Waals surface area (Å²) in [4.78, 5) is 8.14. The molecule has 28 heavy (non-hydrogen) atoms. The van der Waals surface area contributed by atoms with Crippen LogP contribution in [0.4, 0.5) is 0 Å². The molecule has 5 rings (SSSR count). The minimum Gasteiger partial charge on any atom is -0.508 e. The molecule has 3 aliphatic carbocycles. The van der Waals surface area contributed by atoms with Crippen molar-refractivity contribution < 1.29 is 10.2 Å². The summed E-state index contributed by atoms with van der Waals surface area (Å²) >= 11 is 0. The first-order chi connectivity index (χ1) is 13.5. The highest BCUT2D eigenvalue weighted by Crippen LogP contribution is 2.64. The van der Waals surface area contributed by atoms with Crippen LogP contribution < -0.4 is 0 Å². The van der Waals surface area contributed by atoms with Crippen LogP contribution in [0.15, 0.2) is 43.0 Å². The topological polar surface area (TPSA) is 66.2 Å². The van der Waals surface area contributed by atoms with Crippen molar-refractivity contribution in [3.05, 3.63) is 59.7 Å². The lowest BCUT2D eigenvalue weighted by Gasteiger charge is -2.52. The Kier molecular flexibility index (Phi) is 4.09. The van der Waals surface area contributed by atoms with Gasteiger partial charge in [-0.25, -0.2) is 9.97 Å². The van der Waals surface area contributed by atoms with Crippen LogP contribution in [0.3, 0.4) is 0 Å². The Morgan fingerprint density at radius 1 is 1.11 bits per heavy atom. The molecule has 0 saturated heterocycles. The Bertz CT molecular complexity index is 912. The van der Waals surface area contributed by atoms with Gasteiger partial charge in [0.1, 0.15) is 12.1 Å². The number of aromatic hydroxyl groups is 1. The molecule has 0 bridgehead atoms. The molecule has 1 aromatic carbocycles. The van der Waals surface area contributed by atoms with E-state index in [0.29, 0.717) is 23.5 Å². The summed E-state index contributed by atoms with van der Waals surface area (Å²) in [5.74, 6) is 2.10. The lowest BCUT2D eigenvalue weighted by Crippen LogP contribution is -2.49. The summed E-state index contributed by atoms with van der Waals surface area (Å²) in [6, 6.07) is 5.93. The molecule has 2 N–H and O–H groups in total. The summed E-state index contributed by atoms with van der Waals surface area (Å²) in [5, 5.41) is 21.5. The molecular weight excluding hydrogens is 348 g/mol. The highest BCUT2D eigenvalue weighted by atomic mass is 16.3. The van der Waals surface area contributed by atoms with Gasteiger partial charge in [-0.2, -0.15) is 0 Å². The molecule has 0 radical (unpaired) electrons. The van der Waals surface area contributed by atoms with Crippen LogP contribution in [0.25, 0.3) is 6.08 Å². The van der Waals surface area contributed by atoms with Crippen LogP contribution in [-0.2, 0) is 6.42 Å². The SMILES string of the molecule is C[C@]12CC[C@@H]3c4ccc(O)cc4CC[C@H]3[C@@H]1CC[C@@]2(O)/C=C/c1cncnc1. The van der Waals surface area contributed by atoms with Gasteiger partial charge < -0.3 is 10.2 Å². The van der Waals surface area contributed by atoms with Crippen molar-refractivity contribution in [1.82, 2.24) is 9.97 Å². The van der Waals surface area contributed by atoms with E-state index in [2.05, 4.69) is 23.0 Å². The second-order valence-corrected chi connectivity index (χ2v) is 9.22. The van der Waals surface area contributed by atoms with Crippen LogP contribution >= 0.6 is 0 Å². The molecule has 0 spiro atoms. The molecule has 0 aliphatic heterocycles. The van der Waals surface area contributed by atoms with Gasteiger partial charge in [-0.05, 0) is 79.5 Å². The minimum absolute atomic E-state index is 0.0886. The smallest absolute Gasteiger partial charge is 0.115 e. The summed E-state index contributed by atoms with van der Waals surface area (Å²) < 4.78 is 0. The first-order valence-corrected chi connectivity index (χ1v) is 10.5. The maximum Gasteiger partial charge on any atom is 0.115 e. The Balaban J connectivity index is 1.44. The third-order valence-electron chi connectivity index (χ3n) is 8.06. The maximum absolute atomic E-state index is 11.7. The third kappa shape index (κ3) is 2.61. The largest absolute Gasteiger partial charge is 0.508 e. The van der Waals surface area contributed by atoms with Gasteiger partial charge in [-0.3, -0.25) is 0 Å². The van der Waals surface area contributed by atoms with Crippen LogP contribution in [0, 0.1) is 17.3 Å². The summed E-state index contributed by atoms with van der Waals surface area (Å²) in [6.07, 6.45) is 15.3. The van der Waals surface area contributed by atoms with Crippen molar-refractivity contribution in [2.24, 2.45) is 17.3 Å². The zero-order chi connectivity index (χ0) is 19.4. The van der Waals surface area contributed by atoms with Crippen LogP contribution in [0.2, 0.25) is 0 Å². The van der Waals surface area contributed by atoms with Crippen molar-refractivity contribution in [3.8, 4) is 5.75 Å². The average molecular weight is 376 g/mol. The van der Waals surface area contributed by atoms with E-state index in [0.717, 1.165) is 44.1 Å². The number of phenolic OH excluding ortho intramolecular Hbond substituents is 1. The number of aryl methyl sites for hydroxylation is 1. The standard InChI is InChI=1S/C24H28N2O2/c1-23-9-7-20-19-5-3-18(27)12-17(19)2-4-21(20)22(23)8-11-24(23,28)10-6-16-13-25-15-26-14-16/h3,5-6,10,12-15,20-22,27-28H,2,4,7-9,11H2,1H3/b10-6+/t20-,21-,22+,23+,24+/m1/s1.